The molecule has 0 unspecified atom stereocenters. The minimum Gasteiger partial charge on any atom is -0.337 e. The van der Waals surface area contributed by atoms with Gasteiger partial charge in [0.05, 0.1) is 5.75 Å². The van der Waals surface area contributed by atoms with Crippen molar-refractivity contribution in [2.24, 2.45) is 0 Å². The van der Waals surface area contributed by atoms with E-state index in [1.54, 1.807) is 11.8 Å². The Labute approximate surface area is 149 Å². The van der Waals surface area contributed by atoms with Crippen molar-refractivity contribution >= 4 is 29.0 Å². The number of thiophene rings is 1. The fourth-order valence-corrected chi connectivity index (χ4v) is 5.17. The van der Waals surface area contributed by atoms with Gasteiger partial charge in [-0.3, -0.25) is 4.79 Å². The molecule has 1 aliphatic heterocycles. The summed E-state index contributed by atoms with van der Waals surface area (Å²) in [6, 6.07) is 2.73. The summed E-state index contributed by atoms with van der Waals surface area (Å²) < 4.78 is 2.32. The highest BCUT2D eigenvalue weighted by Gasteiger charge is 2.36. The molecule has 2 aliphatic carbocycles. The van der Waals surface area contributed by atoms with Gasteiger partial charge in [-0.1, -0.05) is 11.8 Å². The number of thioether (sulfide) groups is 1. The number of fused-ring (bicyclic) bond motifs is 1. The molecule has 3 aliphatic rings. The van der Waals surface area contributed by atoms with Gasteiger partial charge in [0.15, 0.2) is 5.16 Å². The van der Waals surface area contributed by atoms with Gasteiger partial charge >= 0.3 is 0 Å². The Morgan fingerprint density at radius 2 is 2.17 bits per heavy atom. The van der Waals surface area contributed by atoms with Crippen LogP contribution >= 0.6 is 23.1 Å². The van der Waals surface area contributed by atoms with E-state index in [0.29, 0.717) is 17.7 Å². The van der Waals surface area contributed by atoms with Gasteiger partial charge < -0.3 is 9.47 Å². The van der Waals surface area contributed by atoms with Crippen LogP contribution in [0.2, 0.25) is 0 Å². The Morgan fingerprint density at radius 1 is 1.29 bits per heavy atom. The van der Waals surface area contributed by atoms with E-state index >= 15 is 0 Å². The normalized spacial score (nSPS) is 20.2. The highest BCUT2D eigenvalue weighted by molar-refractivity contribution is 7.99. The quantitative estimate of drug-likeness (QED) is 0.768. The summed E-state index contributed by atoms with van der Waals surface area (Å²) in [5, 5.41) is 11.9. The van der Waals surface area contributed by atoms with Crippen LogP contribution < -0.4 is 0 Å². The van der Waals surface area contributed by atoms with E-state index in [2.05, 4.69) is 26.2 Å². The van der Waals surface area contributed by atoms with Crippen molar-refractivity contribution in [1.29, 1.82) is 0 Å². The van der Waals surface area contributed by atoms with E-state index in [4.69, 9.17) is 0 Å². The molecule has 0 saturated heterocycles. The van der Waals surface area contributed by atoms with Crippen molar-refractivity contribution in [1.82, 2.24) is 19.7 Å². The number of nitrogens with zero attached hydrogens (tertiary/aromatic N) is 4. The molecular formula is C17H20N4OS2. The zero-order valence-corrected chi connectivity index (χ0v) is 15.1. The first-order valence-electron chi connectivity index (χ1n) is 8.70. The number of aromatic nitrogens is 3. The smallest absolute Gasteiger partial charge is 0.233 e. The molecule has 2 aromatic heterocycles. The van der Waals surface area contributed by atoms with Crippen molar-refractivity contribution in [2.45, 2.75) is 55.8 Å². The van der Waals surface area contributed by atoms with Crippen LogP contribution in [-0.2, 0) is 17.8 Å². The second kappa shape index (κ2) is 5.88. The second-order valence-corrected chi connectivity index (χ2v) is 8.88. The molecule has 0 bridgehead atoms. The fraction of sp³-hybridized carbons (Fsp3) is 0.588. The molecule has 5 nitrogen and oxygen atoms in total. The Hall–Kier alpha value is -1.34. The third kappa shape index (κ3) is 2.77. The van der Waals surface area contributed by atoms with E-state index in [1.165, 1.54) is 36.1 Å². The van der Waals surface area contributed by atoms with E-state index in [0.717, 1.165) is 30.5 Å². The van der Waals surface area contributed by atoms with Crippen LogP contribution in [0.15, 0.2) is 16.6 Å². The van der Waals surface area contributed by atoms with E-state index < -0.39 is 0 Å². The lowest BCUT2D eigenvalue weighted by molar-refractivity contribution is -0.129. The van der Waals surface area contributed by atoms with Crippen molar-refractivity contribution in [2.75, 3.05) is 12.3 Å². The molecule has 0 atom stereocenters. The summed E-state index contributed by atoms with van der Waals surface area (Å²) in [5.41, 5.74) is 1.32. The Morgan fingerprint density at radius 3 is 2.96 bits per heavy atom. The maximum absolute atomic E-state index is 12.6. The molecule has 0 N–H and O–H groups in total. The summed E-state index contributed by atoms with van der Waals surface area (Å²) in [5.74, 6) is 2.46. The van der Waals surface area contributed by atoms with Crippen molar-refractivity contribution < 1.29 is 4.79 Å². The van der Waals surface area contributed by atoms with E-state index in [9.17, 15) is 4.79 Å². The predicted octanol–water partition coefficient (Wildman–Crippen LogP) is 3.23. The SMILES string of the molecule is O=C(CSc1nnc(C2CC2)n1C1CC1)N1CCc2sccc2C1. The highest BCUT2D eigenvalue weighted by Crippen LogP contribution is 2.46. The number of hydrogen-bond acceptors (Lipinski definition) is 5. The molecule has 5 rings (SSSR count). The monoisotopic (exact) mass is 360 g/mol. The van der Waals surface area contributed by atoms with Gasteiger partial charge in [0.1, 0.15) is 5.82 Å². The lowest BCUT2D eigenvalue weighted by Gasteiger charge is -2.26. The molecule has 24 heavy (non-hydrogen) atoms. The molecule has 0 aromatic carbocycles. The lowest BCUT2D eigenvalue weighted by Crippen LogP contribution is -2.36. The van der Waals surface area contributed by atoms with Crippen LogP contribution in [-0.4, -0.2) is 37.9 Å². The number of hydrogen-bond donors (Lipinski definition) is 0. The fourth-order valence-electron chi connectivity index (χ4n) is 3.36. The summed E-state index contributed by atoms with van der Waals surface area (Å²) >= 11 is 3.38. The van der Waals surface area contributed by atoms with Gasteiger partial charge in [-0.15, -0.1) is 21.5 Å². The summed E-state index contributed by atoms with van der Waals surface area (Å²) in [4.78, 5) is 16.0. The largest absolute Gasteiger partial charge is 0.337 e. The Kier molecular flexibility index (Phi) is 3.66. The zero-order chi connectivity index (χ0) is 16.1. The first-order chi connectivity index (χ1) is 11.8. The third-order valence-electron chi connectivity index (χ3n) is 5.03. The summed E-state index contributed by atoms with van der Waals surface area (Å²) in [7, 11) is 0. The second-order valence-electron chi connectivity index (χ2n) is 6.94. The number of amides is 1. The lowest BCUT2D eigenvalue weighted by atomic mass is 10.1. The van der Waals surface area contributed by atoms with Crippen molar-refractivity contribution in [3.05, 3.63) is 27.7 Å². The van der Waals surface area contributed by atoms with Gasteiger partial charge in [-0.25, -0.2) is 0 Å². The molecule has 2 aromatic rings. The highest BCUT2D eigenvalue weighted by atomic mass is 32.2. The first kappa shape index (κ1) is 15.0. The predicted molar refractivity (Wildman–Crippen MR) is 94.4 cm³/mol. The molecule has 2 saturated carbocycles. The van der Waals surface area contributed by atoms with E-state index in [1.807, 2.05) is 16.2 Å². The van der Waals surface area contributed by atoms with Crippen LogP contribution in [0.1, 0.15) is 53.9 Å². The van der Waals surface area contributed by atoms with Gasteiger partial charge in [0, 0.05) is 29.9 Å². The molecule has 0 spiro atoms. The minimum atomic E-state index is 0.218. The number of carbonyl (C=O) groups excluding carboxylic acids is 1. The van der Waals surface area contributed by atoms with Crippen molar-refractivity contribution in [3.8, 4) is 0 Å². The Balaban J connectivity index is 1.26. The van der Waals surface area contributed by atoms with Crippen LogP contribution in [0.4, 0.5) is 0 Å². The van der Waals surface area contributed by atoms with E-state index in [-0.39, 0.29) is 5.91 Å². The summed E-state index contributed by atoms with van der Waals surface area (Å²) in [6.45, 7) is 1.61. The molecule has 1 amide bonds. The van der Waals surface area contributed by atoms with Crippen LogP contribution in [0.5, 0.6) is 0 Å². The molecule has 126 valence electrons. The van der Waals surface area contributed by atoms with Gasteiger partial charge in [0.2, 0.25) is 5.91 Å². The van der Waals surface area contributed by atoms with Gasteiger partial charge in [0.25, 0.3) is 0 Å². The Bertz CT molecular complexity index is 775. The molecule has 2 fully saturated rings. The minimum absolute atomic E-state index is 0.218. The topological polar surface area (TPSA) is 51.0 Å². The molecular weight excluding hydrogens is 340 g/mol. The van der Waals surface area contributed by atoms with Crippen molar-refractivity contribution in [3.63, 3.8) is 0 Å². The van der Waals surface area contributed by atoms with Crippen LogP contribution in [0, 0.1) is 0 Å². The molecule has 0 radical (unpaired) electrons. The van der Waals surface area contributed by atoms with Gasteiger partial charge in [-0.05, 0) is 49.1 Å². The molecule has 7 heteroatoms. The van der Waals surface area contributed by atoms with Crippen LogP contribution in [0.25, 0.3) is 0 Å². The first-order valence-corrected chi connectivity index (χ1v) is 10.6. The third-order valence-corrected chi connectivity index (χ3v) is 6.98. The standard InChI is InChI=1S/C17H20N4OS2/c22-15(20-7-5-14-12(9-20)6-8-23-14)10-24-17-19-18-16(11-1-2-11)21(17)13-3-4-13/h6,8,11,13H,1-5,7,9-10H2. The zero-order valence-electron chi connectivity index (χ0n) is 13.5. The number of carbonyl (C=O) groups is 1. The van der Waals surface area contributed by atoms with Crippen LogP contribution in [0.3, 0.4) is 0 Å². The van der Waals surface area contributed by atoms with Gasteiger partial charge in [-0.2, -0.15) is 0 Å². The molecule has 3 heterocycles. The number of rotatable bonds is 5. The maximum atomic E-state index is 12.6. The maximum Gasteiger partial charge on any atom is 0.233 e. The average Bonchev–Trinajstić information content (AvgIpc) is 3.53. The average molecular weight is 361 g/mol. The summed E-state index contributed by atoms with van der Waals surface area (Å²) in [6.07, 6.45) is 5.93.